The van der Waals surface area contributed by atoms with Gasteiger partial charge in [0.15, 0.2) is 0 Å². The van der Waals surface area contributed by atoms with Crippen LogP contribution in [-0.4, -0.2) is 24.8 Å². The van der Waals surface area contributed by atoms with Gasteiger partial charge in [0.25, 0.3) is 0 Å². The Labute approximate surface area is 161 Å². The quantitative estimate of drug-likeness (QED) is 0.751. The highest BCUT2D eigenvalue weighted by Gasteiger charge is 2.37. The summed E-state index contributed by atoms with van der Waals surface area (Å²) in [5.74, 6) is 0.628. The molecular formula is C23H28O4. The standard InChI is InChI=1S/C23H28O4/c1-3-16-27-22(24)19-12-14-23(25,15-13-19)20-8-4-17(5-9-20)18-6-10-21(26-2)11-7-18/h4-11,19,25H,3,12-16H2,1-2H3. The minimum atomic E-state index is -0.861. The van der Waals surface area contributed by atoms with Crippen molar-refractivity contribution in [3.8, 4) is 16.9 Å². The van der Waals surface area contributed by atoms with E-state index in [1.54, 1.807) is 7.11 Å². The third-order valence-electron chi connectivity index (χ3n) is 5.44. The molecule has 2 aromatic carbocycles. The number of aliphatic hydroxyl groups is 1. The normalized spacial score (nSPS) is 22.3. The van der Waals surface area contributed by atoms with Crippen molar-refractivity contribution >= 4 is 5.97 Å². The summed E-state index contributed by atoms with van der Waals surface area (Å²) in [6.07, 6.45) is 3.34. The molecule has 0 aliphatic heterocycles. The van der Waals surface area contributed by atoms with Gasteiger partial charge in [-0.1, -0.05) is 43.3 Å². The van der Waals surface area contributed by atoms with Crippen LogP contribution in [0.15, 0.2) is 48.5 Å². The number of carbonyl (C=O) groups excluding carboxylic acids is 1. The fraction of sp³-hybridized carbons (Fsp3) is 0.435. The van der Waals surface area contributed by atoms with Gasteiger partial charge in [-0.25, -0.2) is 0 Å². The second kappa shape index (κ2) is 8.57. The summed E-state index contributed by atoms with van der Waals surface area (Å²) in [4.78, 5) is 12.0. The van der Waals surface area contributed by atoms with E-state index < -0.39 is 5.60 Å². The molecule has 4 nitrogen and oxygen atoms in total. The molecule has 0 aromatic heterocycles. The van der Waals surface area contributed by atoms with Gasteiger partial charge >= 0.3 is 5.97 Å². The monoisotopic (exact) mass is 368 g/mol. The van der Waals surface area contributed by atoms with Crippen molar-refractivity contribution in [1.29, 1.82) is 0 Å². The molecule has 27 heavy (non-hydrogen) atoms. The van der Waals surface area contributed by atoms with Crippen LogP contribution in [0.1, 0.15) is 44.6 Å². The SMILES string of the molecule is CCCOC(=O)C1CCC(O)(c2ccc(-c3ccc(OC)cc3)cc2)CC1. The molecule has 0 heterocycles. The van der Waals surface area contributed by atoms with Gasteiger partial charge in [-0.3, -0.25) is 4.79 Å². The maximum atomic E-state index is 12.0. The van der Waals surface area contributed by atoms with Crippen LogP contribution in [0.4, 0.5) is 0 Å². The highest BCUT2D eigenvalue weighted by atomic mass is 16.5. The van der Waals surface area contributed by atoms with E-state index in [2.05, 4.69) is 0 Å². The van der Waals surface area contributed by atoms with Gasteiger partial charge in [0.05, 0.1) is 25.2 Å². The van der Waals surface area contributed by atoms with Crippen LogP contribution in [0.3, 0.4) is 0 Å². The number of rotatable bonds is 6. The Hall–Kier alpha value is -2.33. The van der Waals surface area contributed by atoms with E-state index >= 15 is 0 Å². The maximum Gasteiger partial charge on any atom is 0.308 e. The zero-order valence-electron chi connectivity index (χ0n) is 16.1. The molecule has 1 aliphatic rings. The van der Waals surface area contributed by atoms with Crippen molar-refractivity contribution in [3.63, 3.8) is 0 Å². The second-order valence-electron chi connectivity index (χ2n) is 7.28. The van der Waals surface area contributed by atoms with E-state index in [0.29, 0.717) is 32.3 Å². The average Bonchev–Trinajstić information content (AvgIpc) is 2.72. The van der Waals surface area contributed by atoms with Gasteiger partial charge in [-0.15, -0.1) is 0 Å². The zero-order chi connectivity index (χ0) is 19.3. The molecule has 1 N–H and O–H groups in total. The maximum absolute atomic E-state index is 12.0. The van der Waals surface area contributed by atoms with E-state index in [4.69, 9.17) is 9.47 Å². The number of esters is 1. The minimum absolute atomic E-state index is 0.0876. The second-order valence-corrected chi connectivity index (χ2v) is 7.28. The van der Waals surface area contributed by atoms with Crippen LogP contribution >= 0.6 is 0 Å². The Morgan fingerprint density at radius 3 is 2.11 bits per heavy atom. The highest BCUT2D eigenvalue weighted by Crippen LogP contribution is 2.40. The van der Waals surface area contributed by atoms with Crippen molar-refractivity contribution in [2.24, 2.45) is 5.92 Å². The third-order valence-corrected chi connectivity index (χ3v) is 5.44. The molecule has 1 saturated carbocycles. The molecule has 0 spiro atoms. The molecular weight excluding hydrogens is 340 g/mol. The molecule has 3 rings (SSSR count). The predicted molar refractivity (Wildman–Crippen MR) is 106 cm³/mol. The lowest BCUT2D eigenvalue weighted by Crippen LogP contribution is -2.34. The van der Waals surface area contributed by atoms with Crippen LogP contribution < -0.4 is 4.74 Å². The number of methoxy groups -OCH3 is 1. The van der Waals surface area contributed by atoms with Crippen LogP contribution in [-0.2, 0) is 15.1 Å². The molecule has 0 radical (unpaired) electrons. The van der Waals surface area contributed by atoms with Gasteiger partial charge in [0, 0.05) is 0 Å². The van der Waals surface area contributed by atoms with E-state index in [1.165, 1.54) is 0 Å². The van der Waals surface area contributed by atoms with Gasteiger partial charge < -0.3 is 14.6 Å². The Balaban J connectivity index is 1.65. The molecule has 2 aromatic rings. The largest absolute Gasteiger partial charge is 0.497 e. The van der Waals surface area contributed by atoms with Crippen molar-refractivity contribution < 1.29 is 19.4 Å². The van der Waals surface area contributed by atoms with Crippen LogP contribution in [0.2, 0.25) is 0 Å². The lowest BCUT2D eigenvalue weighted by atomic mass is 9.75. The van der Waals surface area contributed by atoms with Gasteiger partial charge in [-0.05, 0) is 60.9 Å². The van der Waals surface area contributed by atoms with Gasteiger partial charge in [0.1, 0.15) is 5.75 Å². The summed E-state index contributed by atoms with van der Waals surface area (Å²) in [6, 6.07) is 16.0. The van der Waals surface area contributed by atoms with E-state index in [1.807, 2.05) is 55.5 Å². The van der Waals surface area contributed by atoms with Crippen molar-refractivity contribution in [2.45, 2.75) is 44.6 Å². The molecule has 1 fully saturated rings. The zero-order valence-corrected chi connectivity index (χ0v) is 16.1. The van der Waals surface area contributed by atoms with Crippen LogP contribution in [0.5, 0.6) is 5.75 Å². The highest BCUT2D eigenvalue weighted by molar-refractivity contribution is 5.72. The van der Waals surface area contributed by atoms with Crippen LogP contribution in [0.25, 0.3) is 11.1 Å². The first-order valence-electron chi connectivity index (χ1n) is 9.70. The smallest absolute Gasteiger partial charge is 0.308 e. The Morgan fingerprint density at radius 2 is 1.59 bits per heavy atom. The lowest BCUT2D eigenvalue weighted by Gasteiger charge is -2.35. The van der Waals surface area contributed by atoms with Crippen LogP contribution in [0, 0.1) is 5.92 Å². The number of carbonyl (C=O) groups is 1. The summed E-state index contributed by atoms with van der Waals surface area (Å²) >= 11 is 0. The summed E-state index contributed by atoms with van der Waals surface area (Å²) < 4.78 is 10.5. The molecule has 0 bridgehead atoms. The Kier molecular flexibility index (Phi) is 6.17. The Morgan fingerprint density at radius 1 is 1.04 bits per heavy atom. The predicted octanol–water partition coefficient (Wildman–Crippen LogP) is 4.69. The summed E-state index contributed by atoms with van der Waals surface area (Å²) in [5.41, 5.74) is 2.26. The fourth-order valence-electron chi connectivity index (χ4n) is 3.70. The lowest BCUT2D eigenvalue weighted by molar-refractivity contribution is -0.151. The third kappa shape index (κ3) is 4.51. The van der Waals surface area contributed by atoms with Gasteiger partial charge in [-0.2, -0.15) is 0 Å². The molecule has 0 unspecified atom stereocenters. The summed E-state index contributed by atoms with van der Waals surface area (Å²) in [7, 11) is 1.66. The summed E-state index contributed by atoms with van der Waals surface area (Å²) in [5, 5.41) is 11.1. The number of hydrogen-bond acceptors (Lipinski definition) is 4. The number of hydrogen-bond donors (Lipinski definition) is 1. The number of ether oxygens (including phenoxy) is 2. The summed E-state index contributed by atoms with van der Waals surface area (Å²) in [6.45, 7) is 2.47. The molecule has 0 atom stereocenters. The van der Waals surface area contributed by atoms with Crippen molar-refractivity contribution in [2.75, 3.05) is 13.7 Å². The molecule has 0 saturated heterocycles. The molecule has 1 aliphatic carbocycles. The molecule has 144 valence electrons. The first-order chi connectivity index (χ1) is 13.1. The van der Waals surface area contributed by atoms with Gasteiger partial charge in [0.2, 0.25) is 0 Å². The molecule has 4 heteroatoms. The topological polar surface area (TPSA) is 55.8 Å². The van der Waals surface area contributed by atoms with E-state index in [0.717, 1.165) is 28.9 Å². The fourth-order valence-corrected chi connectivity index (χ4v) is 3.70. The van der Waals surface area contributed by atoms with E-state index in [9.17, 15) is 9.90 Å². The minimum Gasteiger partial charge on any atom is -0.497 e. The number of benzene rings is 2. The van der Waals surface area contributed by atoms with E-state index in [-0.39, 0.29) is 11.9 Å². The van der Waals surface area contributed by atoms with Crippen molar-refractivity contribution in [3.05, 3.63) is 54.1 Å². The first kappa shape index (κ1) is 19.4. The average molecular weight is 368 g/mol. The van der Waals surface area contributed by atoms with Crippen molar-refractivity contribution in [1.82, 2.24) is 0 Å². The molecule has 0 amide bonds. The Bertz CT molecular complexity index is 741. The first-order valence-corrected chi connectivity index (χ1v) is 9.70.